The van der Waals surface area contributed by atoms with Crippen LogP contribution in [0.2, 0.25) is 0 Å². The van der Waals surface area contributed by atoms with Crippen molar-refractivity contribution < 1.29 is 14.3 Å². The molecule has 4 nitrogen and oxygen atoms in total. The molecule has 0 saturated heterocycles. The van der Waals surface area contributed by atoms with Crippen LogP contribution in [0.25, 0.3) is 33.7 Å². The van der Waals surface area contributed by atoms with Crippen LogP contribution in [-0.4, -0.2) is 16.1 Å². The maximum Gasteiger partial charge on any atom is 0.336 e. The maximum absolute atomic E-state index is 11.7. The standard InChI is InChI=1S/C21H14BrNO3/c1-12-2-7-17-15(10-12)16(21(24)25)11-18(23-17)20-9-8-19(26-20)13-3-5-14(22)6-4-13/h2-11H,1H3,(H,24,25). The number of rotatable bonds is 3. The molecule has 0 amide bonds. The molecule has 0 bridgehead atoms. The Morgan fingerprint density at radius 2 is 1.73 bits per heavy atom. The number of aryl methyl sites for hydroxylation is 1. The minimum atomic E-state index is -0.982. The molecule has 0 saturated carbocycles. The van der Waals surface area contributed by atoms with Gasteiger partial charge in [0.15, 0.2) is 5.76 Å². The first-order valence-electron chi connectivity index (χ1n) is 8.02. The molecular weight excluding hydrogens is 394 g/mol. The van der Waals surface area contributed by atoms with Crippen LogP contribution in [0.1, 0.15) is 15.9 Å². The van der Waals surface area contributed by atoms with Crippen molar-refractivity contribution in [2.75, 3.05) is 0 Å². The van der Waals surface area contributed by atoms with Gasteiger partial charge in [-0.2, -0.15) is 0 Å². The Morgan fingerprint density at radius 3 is 2.46 bits per heavy atom. The van der Waals surface area contributed by atoms with Crippen LogP contribution < -0.4 is 0 Å². The van der Waals surface area contributed by atoms with Crippen molar-refractivity contribution in [1.29, 1.82) is 0 Å². The third-order valence-corrected chi connectivity index (χ3v) is 4.71. The van der Waals surface area contributed by atoms with Gasteiger partial charge in [0.1, 0.15) is 11.5 Å². The van der Waals surface area contributed by atoms with Gasteiger partial charge >= 0.3 is 5.97 Å². The van der Waals surface area contributed by atoms with Crippen LogP contribution >= 0.6 is 15.9 Å². The van der Waals surface area contributed by atoms with Crippen LogP contribution in [0.3, 0.4) is 0 Å². The lowest BCUT2D eigenvalue weighted by molar-refractivity contribution is 0.0699. The first kappa shape index (κ1) is 16.5. The highest BCUT2D eigenvalue weighted by molar-refractivity contribution is 9.10. The van der Waals surface area contributed by atoms with Gasteiger partial charge in [-0.1, -0.05) is 39.7 Å². The first-order valence-corrected chi connectivity index (χ1v) is 8.81. The minimum Gasteiger partial charge on any atom is -0.478 e. The second-order valence-corrected chi connectivity index (χ2v) is 6.97. The van der Waals surface area contributed by atoms with Crippen molar-refractivity contribution in [2.45, 2.75) is 6.92 Å². The monoisotopic (exact) mass is 407 g/mol. The number of hydrogen-bond donors (Lipinski definition) is 1. The molecule has 2 aromatic carbocycles. The molecule has 0 aliphatic carbocycles. The van der Waals surface area contributed by atoms with Gasteiger partial charge in [-0.15, -0.1) is 0 Å². The molecule has 128 valence electrons. The normalized spacial score (nSPS) is 11.0. The lowest BCUT2D eigenvalue weighted by atomic mass is 10.0. The summed E-state index contributed by atoms with van der Waals surface area (Å²) in [5, 5.41) is 10.2. The van der Waals surface area contributed by atoms with Gasteiger partial charge in [0, 0.05) is 15.4 Å². The van der Waals surface area contributed by atoms with Crippen LogP contribution in [0.15, 0.2) is 69.6 Å². The molecular formula is C21H14BrNO3. The number of aromatic carboxylic acids is 1. The fraction of sp³-hybridized carbons (Fsp3) is 0.0476. The van der Waals surface area contributed by atoms with E-state index < -0.39 is 5.97 Å². The van der Waals surface area contributed by atoms with Crippen LogP contribution in [0, 0.1) is 6.92 Å². The molecule has 5 heteroatoms. The summed E-state index contributed by atoms with van der Waals surface area (Å²) < 4.78 is 6.92. The Labute approximate surface area is 158 Å². The molecule has 0 spiro atoms. The first-order chi connectivity index (χ1) is 12.5. The van der Waals surface area contributed by atoms with Crippen molar-refractivity contribution >= 4 is 32.8 Å². The molecule has 0 aliphatic heterocycles. The number of furan rings is 1. The number of carboxylic acid groups (broad SMARTS) is 1. The largest absolute Gasteiger partial charge is 0.478 e. The summed E-state index contributed by atoms with van der Waals surface area (Å²) >= 11 is 3.41. The van der Waals surface area contributed by atoms with Crippen molar-refractivity contribution in [2.24, 2.45) is 0 Å². The van der Waals surface area contributed by atoms with E-state index in [2.05, 4.69) is 20.9 Å². The van der Waals surface area contributed by atoms with Gasteiger partial charge in [0.05, 0.1) is 11.1 Å². The highest BCUT2D eigenvalue weighted by atomic mass is 79.9. The average molecular weight is 408 g/mol. The number of aromatic nitrogens is 1. The third-order valence-electron chi connectivity index (χ3n) is 4.18. The zero-order valence-electron chi connectivity index (χ0n) is 13.9. The Kier molecular flexibility index (Phi) is 4.09. The molecule has 1 N–H and O–H groups in total. The lowest BCUT2D eigenvalue weighted by Crippen LogP contribution is -2.00. The molecule has 0 fully saturated rings. The smallest absolute Gasteiger partial charge is 0.336 e. The Bertz CT molecular complexity index is 1130. The Morgan fingerprint density at radius 1 is 1.00 bits per heavy atom. The number of pyridine rings is 1. The van der Waals surface area contributed by atoms with E-state index in [4.69, 9.17) is 4.42 Å². The zero-order valence-corrected chi connectivity index (χ0v) is 15.4. The number of halogens is 1. The van der Waals surface area contributed by atoms with Crippen LogP contribution in [-0.2, 0) is 0 Å². The van der Waals surface area contributed by atoms with E-state index in [1.807, 2.05) is 61.5 Å². The quantitative estimate of drug-likeness (QED) is 0.456. The van der Waals surface area contributed by atoms with E-state index in [1.54, 1.807) is 6.07 Å². The maximum atomic E-state index is 11.7. The van der Waals surface area contributed by atoms with Crippen molar-refractivity contribution in [3.05, 3.63) is 76.3 Å². The van der Waals surface area contributed by atoms with E-state index in [9.17, 15) is 9.90 Å². The van der Waals surface area contributed by atoms with E-state index in [1.165, 1.54) is 0 Å². The summed E-state index contributed by atoms with van der Waals surface area (Å²) in [4.78, 5) is 16.3. The fourth-order valence-electron chi connectivity index (χ4n) is 2.89. The van der Waals surface area contributed by atoms with Gasteiger partial charge in [0.2, 0.25) is 0 Å². The summed E-state index contributed by atoms with van der Waals surface area (Å²) in [6, 6.07) is 18.6. The van der Waals surface area contributed by atoms with Crippen LogP contribution in [0.4, 0.5) is 0 Å². The van der Waals surface area contributed by atoms with E-state index in [-0.39, 0.29) is 5.56 Å². The lowest BCUT2D eigenvalue weighted by Gasteiger charge is -2.06. The summed E-state index contributed by atoms with van der Waals surface area (Å²) in [5.41, 5.74) is 3.28. The predicted octanol–water partition coefficient (Wildman–Crippen LogP) is 5.93. The average Bonchev–Trinajstić information content (AvgIpc) is 3.11. The number of nitrogens with zero attached hydrogens (tertiary/aromatic N) is 1. The molecule has 0 atom stereocenters. The highest BCUT2D eigenvalue weighted by Gasteiger charge is 2.15. The number of carboxylic acids is 1. The molecule has 0 radical (unpaired) electrons. The second kappa shape index (κ2) is 6.42. The Balaban J connectivity index is 1.83. The second-order valence-electron chi connectivity index (χ2n) is 6.05. The predicted molar refractivity (Wildman–Crippen MR) is 104 cm³/mol. The van der Waals surface area contributed by atoms with Crippen molar-refractivity contribution in [3.63, 3.8) is 0 Å². The summed E-state index contributed by atoms with van der Waals surface area (Å²) in [5.74, 6) is 0.256. The van der Waals surface area contributed by atoms with Crippen LogP contribution in [0.5, 0.6) is 0 Å². The van der Waals surface area contributed by atoms with Gasteiger partial charge in [0.25, 0.3) is 0 Å². The number of carbonyl (C=O) groups is 1. The Hall–Kier alpha value is -2.92. The summed E-state index contributed by atoms with van der Waals surface area (Å²) in [7, 11) is 0. The van der Waals surface area contributed by atoms with Gasteiger partial charge < -0.3 is 9.52 Å². The van der Waals surface area contributed by atoms with E-state index in [0.29, 0.717) is 28.1 Å². The fourth-order valence-corrected chi connectivity index (χ4v) is 3.15. The summed E-state index contributed by atoms with van der Waals surface area (Å²) in [6.45, 7) is 1.93. The summed E-state index contributed by atoms with van der Waals surface area (Å²) in [6.07, 6.45) is 0. The molecule has 26 heavy (non-hydrogen) atoms. The topological polar surface area (TPSA) is 63.3 Å². The minimum absolute atomic E-state index is 0.218. The molecule has 0 unspecified atom stereocenters. The number of hydrogen-bond acceptors (Lipinski definition) is 3. The number of fused-ring (bicyclic) bond motifs is 1. The molecule has 4 rings (SSSR count). The van der Waals surface area contributed by atoms with Gasteiger partial charge in [-0.05, 0) is 49.4 Å². The molecule has 4 aromatic rings. The molecule has 2 heterocycles. The molecule has 2 aromatic heterocycles. The third kappa shape index (κ3) is 3.02. The van der Waals surface area contributed by atoms with Crippen molar-refractivity contribution in [1.82, 2.24) is 4.98 Å². The highest BCUT2D eigenvalue weighted by Crippen LogP contribution is 2.31. The van der Waals surface area contributed by atoms with Gasteiger partial charge in [-0.25, -0.2) is 9.78 Å². The van der Waals surface area contributed by atoms with Gasteiger partial charge in [-0.3, -0.25) is 0 Å². The van der Waals surface area contributed by atoms with E-state index in [0.717, 1.165) is 15.6 Å². The number of benzene rings is 2. The molecule has 0 aliphatic rings. The van der Waals surface area contributed by atoms with Crippen molar-refractivity contribution in [3.8, 4) is 22.8 Å². The zero-order chi connectivity index (χ0) is 18.3. The van der Waals surface area contributed by atoms with E-state index >= 15 is 0 Å². The SMILES string of the molecule is Cc1ccc2nc(-c3ccc(-c4ccc(Br)cc4)o3)cc(C(=O)O)c2c1.